The van der Waals surface area contributed by atoms with Crippen LogP contribution in [0.1, 0.15) is 35.8 Å². The number of primary amides is 1. The number of amides is 2. The molecule has 2 aliphatic rings. The highest BCUT2D eigenvalue weighted by Crippen LogP contribution is 2.55. The minimum Gasteiger partial charge on any atom is -0.487 e. The lowest BCUT2D eigenvalue weighted by Crippen LogP contribution is -2.50. The molecule has 0 saturated carbocycles. The maximum Gasteiger partial charge on any atom is 0.417 e. The monoisotopic (exact) mass is 547 g/mol. The Morgan fingerprint density at radius 2 is 1.92 bits per heavy atom. The van der Waals surface area contributed by atoms with E-state index < -0.39 is 71.2 Å². The summed E-state index contributed by atoms with van der Waals surface area (Å²) < 4.78 is 101. The highest BCUT2D eigenvalue weighted by molar-refractivity contribution is 5.97. The van der Waals surface area contributed by atoms with Crippen LogP contribution in [-0.2, 0) is 14.3 Å². The summed E-state index contributed by atoms with van der Waals surface area (Å²) >= 11 is 0. The number of ether oxygens (including phenoxy) is 3. The van der Waals surface area contributed by atoms with Crippen molar-refractivity contribution in [3.8, 4) is 5.75 Å². The summed E-state index contributed by atoms with van der Waals surface area (Å²) in [6, 6.07) is 4.00. The predicted octanol–water partition coefficient (Wildman–Crippen LogP) is 3.65. The third-order valence-corrected chi connectivity index (χ3v) is 6.84. The maximum atomic E-state index is 14.9. The van der Waals surface area contributed by atoms with E-state index >= 15 is 0 Å². The van der Waals surface area contributed by atoms with Gasteiger partial charge in [-0.05, 0) is 25.1 Å². The second-order valence-corrected chi connectivity index (χ2v) is 9.45. The van der Waals surface area contributed by atoms with E-state index in [2.05, 4.69) is 10.3 Å². The molecular formula is C24H23F6N3O5. The molecule has 1 aromatic carbocycles. The highest BCUT2D eigenvalue weighted by Gasteiger charge is 2.66. The molecule has 0 bridgehead atoms. The van der Waals surface area contributed by atoms with Crippen molar-refractivity contribution >= 4 is 17.5 Å². The normalized spacial score (nSPS) is 26.5. The zero-order chi connectivity index (χ0) is 28.0. The summed E-state index contributed by atoms with van der Waals surface area (Å²) in [4.78, 5) is 28.4. The van der Waals surface area contributed by atoms with Gasteiger partial charge >= 0.3 is 6.18 Å². The predicted molar refractivity (Wildman–Crippen MR) is 119 cm³/mol. The number of benzene rings is 1. The van der Waals surface area contributed by atoms with Gasteiger partial charge in [-0.1, -0.05) is 13.0 Å². The van der Waals surface area contributed by atoms with E-state index in [-0.39, 0.29) is 30.2 Å². The van der Waals surface area contributed by atoms with Gasteiger partial charge in [0.15, 0.2) is 22.8 Å². The van der Waals surface area contributed by atoms with Crippen molar-refractivity contribution in [2.75, 3.05) is 25.1 Å². The molecular weight excluding hydrogens is 524 g/mol. The molecule has 0 radical (unpaired) electrons. The van der Waals surface area contributed by atoms with Gasteiger partial charge in [-0.3, -0.25) is 14.6 Å². The van der Waals surface area contributed by atoms with Crippen LogP contribution >= 0.6 is 0 Å². The van der Waals surface area contributed by atoms with E-state index in [1.165, 1.54) is 6.07 Å². The van der Waals surface area contributed by atoms with E-state index in [1.807, 2.05) is 0 Å². The third-order valence-electron chi connectivity index (χ3n) is 6.84. The number of nitrogens with one attached hydrogen (secondary N) is 1. The summed E-state index contributed by atoms with van der Waals surface area (Å²) in [5.41, 5.74) is -0.281. The molecule has 0 spiro atoms. The van der Waals surface area contributed by atoms with Gasteiger partial charge in [0, 0.05) is 29.3 Å². The van der Waals surface area contributed by atoms with Gasteiger partial charge in [-0.15, -0.1) is 0 Å². The van der Waals surface area contributed by atoms with Crippen molar-refractivity contribution in [2.45, 2.75) is 43.3 Å². The fraction of sp³-hybridized carbons (Fsp3) is 0.458. The van der Waals surface area contributed by atoms with Crippen LogP contribution in [0.5, 0.6) is 5.75 Å². The molecule has 4 rings (SSSR count). The number of hydrogen-bond donors (Lipinski definition) is 2. The Balaban J connectivity index is 1.75. The van der Waals surface area contributed by atoms with Crippen LogP contribution in [0.3, 0.4) is 0 Å². The molecule has 2 saturated heterocycles. The average molecular weight is 547 g/mol. The Morgan fingerprint density at radius 3 is 2.50 bits per heavy atom. The van der Waals surface area contributed by atoms with Crippen LogP contribution < -0.4 is 15.8 Å². The molecule has 206 valence electrons. The first kappa shape index (κ1) is 27.6. The quantitative estimate of drug-likeness (QED) is 0.512. The Bertz CT molecular complexity index is 1250. The van der Waals surface area contributed by atoms with Gasteiger partial charge in [0.05, 0.1) is 13.2 Å². The van der Waals surface area contributed by atoms with Crippen LogP contribution in [0.4, 0.5) is 32.0 Å². The molecule has 2 aromatic rings. The Labute approximate surface area is 212 Å². The van der Waals surface area contributed by atoms with Crippen LogP contribution in [0.25, 0.3) is 0 Å². The van der Waals surface area contributed by atoms with Crippen molar-refractivity contribution < 1.29 is 50.1 Å². The Hall–Kier alpha value is -3.39. The van der Waals surface area contributed by atoms with E-state index in [0.29, 0.717) is 6.07 Å². The fourth-order valence-corrected chi connectivity index (χ4v) is 4.44. The number of carbonyl (C=O) groups is 2. The van der Waals surface area contributed by atoms with E-state index in [4.69, 9.17) is 19.9 Å². The molecule has 2 aliphatic heterocycles. The molecule has 3 heterocycles. The van der Waals surface area contributed by atoms with Crippen LogP contribution in [-0.4, -0.2) is 60.2 Å². The van der Waals surface area contributed by atoms with Crippen LogP contribution in [0.15, 0.2) is 30.5 Å². The van der Waals surface area contributed by atoms with Crippen molar-refractivity contribution in [1.82, 2.24) is 4.98 Å². The molecule has 2 amide bonds. The highest BCUT2D eigenvalue weighted by atomic mass is 19.4. The standard InChI is InChI=1S/C24H23F6N3O5/c1-11-16(13-3-4-14(25)17(26)18(13)37-10-23(27)8-36-9-23)19(38-22(11,2)24(28,29)30)21(35)33-12-5-6-32-15(7-12)20(31)34/h3-7,11,16,19H,8-10H2,1-2H3,(H2,31,34)(H,32,33,35)/t11-,16-,19+,22+/m0/s1. The third kappa shape index (κ3) is 4.89. The number of nitrogens with two attached hydrogens (primary N) is 1. The number of aromatic nitrogens is 1. The smallest absolute Gasteiger partial charge is 0.417 e. The number of carbonyl (C=O) groups excluding carboxylic acids is 2. The molecule has 0 aliphatic carbocycles. The number of nitrogens with zero attached hydrogens (tertiary/aromatic N) is 1. The molecule has 38 heavy (non-hydrogen) atoms. The first-order valence-corrected chi connectivity index (χ1v) is 11.4. The van der Waals surface area contributed by atoms with Gasteiger partial charge in [0.1, 0.15) is 18.4 Å². The minimum absolute atomic E-state index is 0.0273. The largest absolute Gasteiger partial charge is 0.487 e. The first-order chi connectivity index (χ1) is 17.7. The van der Waals surface area contributed by atoms with Crippen LogP contribution in [0, 0.1) is 17.6 Å². The molecule has 1 aromatic heterocycles. The number of pyridine rings is 1. The number of alkyl halides is 4. The summed E-state index contributed by atoms with van der Waals surface area (Å²) in [6.45, 7) is 0.392. The zero-order valence-electron chi connectivity index (χ0n) is 20.1. The number of halogens is 6. The summed E-state index contributed by atoms with van der Waals surface area (Å²) in [7, 11) is 0. The average Bonchev–Trinajstić information content (AvgIpc) is 3.11. The molecule has 4 atom stereocenters. The topological polar surface area (TPSA) is 113 Å². The maximum absolute atomic E-state index is 14.9. The lowest BCUT2D eigenvalue weighted by Gasteiger charge is -2.34. The lowest BCUT2D eigenvalue weighted by molar-refractivity contribution is -0.272. The summed E-state index contributed by atoms with van der Waals surface area (Å²) in [6.07, 6.45) is -5.72. The second kappa shape index (κ2) is 9.73. The van der Waals surface area contributed by atoms with E-state index in [1.54, 1.807) is 0 Å². The van der Waals surface area contributed by atoms with E-state index in [0.717, 1.165) is 32.2 Å². The van der Waals surface area contributed by atoms with Gasteiger partial charge in [-0.25, -0.2) is 8.78 Å². The van der Waals surface area contributed by atoms with Gasteiger partial charge in [0.2, 0.25) is 5.82 Å². The molecule has 3 N–H and O–H groups in total. The minimum atomic E-state index is -4.97. The fourth-order valence-electron chi connectivity index (χ4n) is 4.44. The molecule has 2 fully saturated rings. The molecule has 8 nitrogen and oxygen atoms in total. The van der Waals surface area contributed by atoms with E-state index in [9.17, 15) is 35.9 Å². The number of rotatable bonds is 7. The first-order valence-electron chi connectivity index (χ1n) is 11.4. The molecule has 0 unspecified atom stereocenters. The number of hydrogen-bond acceptors (Lipinski definition) is 6. The summed E-state index contributed by atoms with van der Waals surface area (Å²) in [5.74, 6) is -8.81. The van der Waals surface area contributed by atoms with Crippen molar-refractivity contribution in [1.29, 1.82) is 0 Å². The van der Waals surface area contributed by atoms with Gasteiger partial charge < -0.3 is 25.3 Å². The second-order valence-electron chi connectivity index (χ2n) is 9.45. The Morgan fingerprint density at radius 1 is 1.24 bits per heavy atom. The van der Waals surface area contributed by atoms with Gasteiger partial charge in [-0.2, -0.15) is 17.6 Å². The summed E-state index contributed by atoms with van der Waals surface area (Å²) in [5, 5.41) is 2.34. The lowest BCUT2D eigenvalue weighted by atomic mass is 9.77. The Kier molecular flexibility index (Phi) is 7.08. The SMILES string of the molecule is C[C@H]1[C@@H](c2ccc(F)c(F)c2OCC2(F)COC2)[C@H](C(=O)Nc2ccnc(C(N)=O)c2)O[C@@]1(C)C(F)(F)F. The molecule has 14 heteroatoms. The zero-order valence-corrected chi connectivity index (χ0v) is 20.1. The van der Waals surface area contributed by atoms with Crippen molar-refractivity contribution in [3.05, 3.63) is 53.4 Å². The van der Waals surface area contributed by atoms with Crippen molar-refractivity contribution in [2.24, 2.45) is 11.7 Å². The van der Waals surface area contributed by atoms with Gasteiger partial charge in [0.25, 0.3) is 11.8 Å². The van der Waals surface area contributed by atoms with Crippen LogP contribution in [0.2, 0.25) is 0 Å². The number of anilines is 1. The van der Waals surface area contributed by atoms with Crippen molar-refractivity contribution in [3.63, 3.8) is 0 Å².